The van der Waals surface area contributed by atoms with Crippen LogP contribution in [0.3, 0.4) is 0 Å². The Balaban J connectivity index is 1.83. The summed E-state index contributed by atoms with van der Waals surface area (Å²) in [5.41, 5.74) is 2.17. The highest BCUT2D eigenvalue weighted by Crippen LogP contribution is 2.36. The molecule has 0 bridgehead atoms. The van der Waals surface area contributed by atoms with E-state index in [0.717, 1.165) is 6.26 Å². The third-order valence-electron chi connectivity index (χ3n) is 4.79. The standard InChI is InChI=1S/C21H18ClN5O5S/c1-27(29)17(28)11-16-19(25-26-24-16)21-23-18(12-5-9-15(10-6-12)33(2,30)31)20(32-21)13-3-7-14(22)8-4-13/h3-10,29H,11H2,1-2H3,(H,24,25,26). The van der Waals surface area contributed by atoms with Gasteiger partial charge in [0.15, 0.2) is 21.3 Å². The molecular weight excluding hydrogens is 470 g/mol. The summed E-state index contributed by atoms with van der Waals surface area (Å²) in [5.74, 6) is -0.0983. The van der Waals surface area contributed by atoms with Gasteiger partial charge in [-0.05, 0) is 36.4 Å². The van der Waals surface area contributed by atoms with Gasteiger partial charge in [0.25, 0.3) is 5.91 Å². The van der Waals surface area contributed by atoms with E-state index in [1.807, 2.05) is 0 Å². The van der Waals surface area contributed by atoms with Gasteiger partial charge >= 0.3 is 0 Å². The summed E-state index contributed by atoms with van der Waals surface area (Å²) >= 11 is 6.02. The second kappa shape index (κ2) is 8.77. The van der Waals surface area contributed by atoms with Gasteiger partial charge in [-0.2, -0.15) is 15.4 Å². The Kier molecular flexibility index (Phi) is 6.02. The predicted octanol–water partition coefficient (Wildman–Crippen LogP) is 3.24. The normalized spacial score (nSPS) is 11.5. The van der Waals surface area contributed by atoms with Crippen LogP contribution in [0.15, 0.2) is 57.8 Å². The molecule has 2 aromatic carbocycles. The lowest BCUT2D eigenvalue weighted by atomic mass is 10.1. The number of nitrogens with zero attached hydrogens (tertiary/aromatic N) is 4. The second-order valence-electron chi connectivity index (χ2n) is 7.21. The van der Waals surface area contributed by atoms with Crippen molar-refractivity contribution in [1.29, 1.82) is 0 Å². The number of nitrogens with one attached hydrogen (secondary N) is 1. The average Bonchev–Trinajstić information content (AvgIpc) is 3.40. The summed E-state index contributed by atoms with van der Waals surface area (Å²) in [5, 5.41) is 20.8. The van der Waals surface area contributed by atoms with Crippen LogP contribution in [0.25, 0.3) is 34.2 Å². The molecule has 1 amide bonds. The van der Waals surface area contributed by atoms with Crippen LogP contribution < -0.4 is 0 Å². The fourth-order valence-electron chi connectivity index (χ4n) is 3.08. The fraction of sp³-hybridized carbons (Fsp3) is 0.143. The van der Waals surface area contributed by atoms with E-state index in [2.05, 4.69) is 20.4 Å². The number of carbonyl (C=O) groups is 1. The number of sulfone groups is 1. The minimum absolute atomic E-state index is 0.0966. The number of oxazole rings is 1. The zero-order valence-electron chi connectivity index (χ0n) is 17.5. The summed E-state index contributed by atoms with van der Waals surface area (Å²) in [4.78, 5) is 16.7. The largest absolute Gasteiger partial charge is 0.434 e. The van der Waals surface area contributed by atoms with Crippen molar-refractivity contribution in [1.82, 2.24) is 25.5 Å². The number of benzene rings is 2. The van der Waals surface area contributed by atoms with Crippen molar-refractivity contribution in [3.63, 3.8) is 0 Å². The van der Waals surface area contributed by atoms with E-state index in [-0.39, 0.29) is 28.6 Å². The van der Waals surface area contributed by atoms with Crippen molar-refractivity contribution in [3.8, 4) is 34.2 Å². The Morgan fingerprint density at radius 2 is 1.70 bits per heavy atom. The molecule has 2 N–H and O–H groups in total. The van der Waals surface area contributed by atoms with Gasteiger partial charge in [0, 0.05) is 29.5 Å². The highest BCUT2D eigenvalue weighted by molar-refractivity contribution is 7.90. The van der Waals surface area contributed by atoms with Crippen molar-refractivity contribution in [2.75, 3.05) is 13.3 Å². The van der Waals surface area contributed by atoms with Crippen molar-refractivity contribution in [3.05, 3.63) is 59.2 Å². The summed E-state index contributed by atoms with van der Waals surface area (Å²) in [7, 11) is -2.15. The molecule has 0 aliphatic heterocycles. The van der Waals surface area contributed by atoms with Crippen LogP contribution >= 0.6 is 11.6 Å². The second-order valence-corrected chi connectivity index (χ2v) is 9.67. The van der Waals surface area contributed by atoms with E-state index in [1.165, 1.54) is 19.2 Å². The number of aromatic nitrogens is 4. The van der Waals surface area contributed by atoms with E-state index >= 15 is 0 Å². The Morgan fingerprint density at radius 3 is 2.30 bits per heavy atom. The smallest absolute Gasteiger partial charge is 0.251 e. The first kappa shape index (κ1) is 22.6. The molecule has 0 aliphatic carbocycles. The van der Waals surface area contributed by atoms with Crippen LogP contribution in [0.1, 0.15) is 5.69 Å². The summed E-state index contributed by atoms with van der Waals surface area (Å²) < 4.78 is 29.7. The number of H-pyrrole nitrogens is 1. The van der Waals surface area contributed by atoms with E-state index in [4.69, 9.17) is 16.0 Å². The molecule has 0 spiro atoms. The molecule has 0 unspecified atom stereocenters. The topological polar surface area (TPSA) is 142 Å². The summed E-state index contributed by atoms with van der Waals surface area (Å²) in [6.45, 7) is 0. The molecule has 0 saturated heterocycles. The van der Waals surface area contributed by atoms with E-state index in [1.54, 1.807) is 36.4 Å². The van der Waals surface area contributed by atoms with Crippen LogP contribution in [0.5, 0.6) is 0 Å². The zero-order chi connectivity index (χ0) is 23.8. The summed E-state index contributed by atoms with van der Waals surface area (Å²) in [6, 6.07) is 13.2. The fourth-order valence-corrected chi connectivity index (χ4v) is 3.84. The number of amides is 1. The molecule has 0 saturated carbocycles. The molecule has 0 fully saturated rings. The number of hydrogen-bond donors (Lipinski definition) is 2. The lowest BCUT2D eigenvalue weighted by molar-refractivity contribution is -0.158. The molecule has 4 rings (SSSR count). The van der Waals surface area contributed by atoms with Crippen molar-refractivity contribution < 1.29 is 22.8 Å². The SMILES string of the molecule is CN(O)C(=O)Cc1n[nH]nc1-c1nc(-c2ccc(S(C)(=O)=O)cc2)c(-c2ccc(Cl)cc2)o1. The maximum absolute atomic E-state index is 11.9. The minimum atomic E-state index is -3.36. The maximum Gasteiger partial charge on any atom is 0.251 e. The lowest BCUT2D eigenvalue weighted by Crippen LogP contribution is -2.24. The molecule has 10 nitrogen and oxygen atoms in total. The first-order valence-electron chi connectivity index (χ1n) is 9.56. The highest BCUT2D eigenvalue weighted by Gasteiger charge is 2.24. The highest BCUT2D eigenvalue weighted by atomic mass is 35.5. The van der Waals surface area contributed by atoms with Gasteiger partial charge in [0.1, 0.15) is 11.4 Å². The quantitative estimate of drug-likeness (QED) is 0.311. The summed E-state index contributed by atoms with van der Waals surface area (Å²) in [6.07, 6.45) is 0.905. The molecule has 170 valence electrons. The van der Waals surface area contributed by atoms with Gasteiger partial charge < -0.3 is 4.42 Å². The number of halogens is 1. The Morgan fingerprint density at radius 1 is 1.06 bits per heavy atom. The Bertz CT molecular complexity index is 1410. The van der Waals surface area contributed by atoms with Gasteiger partial charge in [0.2, 0.25) is 5.89 Å². The molecule has 0 aliphatic rings. The van der Waals surface area contributed by atoms with Crippen LogP contribution in [0.2, 0.25) is 5.02 Å². The number of carbonyl (C=O) groups excluding carboxylic acids is 1. The zero-order valence-corrected chi connectivity index (χ0v) is 19.1. The van der Waals surface area contributed by atoms with Gasteiger partial charge in [-0.1, -0.05) is 23.7 Å². The molecule has 0 radical (unpaired) electrons. The Labute approximate surface area is 193 Å². The molecule has 2 aromatic heterocycles. The maximum atomic E-state index is 11.9. The number of rotatable bonds is 6. The lowest BCUT2D eigenvalue weighted by Gasteiger charge is -2.06. The van der Waals surface area contributed by atoms with E-state index in [0.29, 0.717) is 32.7 Å². The first-order chi connectivity index (χ1) is 15.6. The number of hydroxylamine groups is 2. The van der Waals surface area contributed by atoms with Crippen molar-refractivity contribution in [2.45, 2.75) is 11.3 Å². The first-order valence-corrected chi connectivity index (χ1v) is 11.8. The molecule has 0 atom stereocenters. The Hall–Kier alpha value is -3.54. The predicted molar refractivity (Wildman–Crippen MR) is 119 cm³/mol. The van der Waals surface area contributed by atoms with Gasteiger partial charge in [-0.3, -0.25) is 10.0 Å². The molecular formula is C21H18ClN5O5S. The monoisotopic (exact) mass is 487 g/mol. The third-order valence-corrected chi connectivity index (χ3v) is 6.17. The number of likely N-dealkylation sites (N-methyl/N-ethyl adjacent to an activating group) is 1. The van der Waals surface area contributed by atoms with Crippen LogP contribution in [-0.4, -0.2) is 58.3 Å². The average molecular weight is 488 g/mol. The molecule has 4 aromatic rings. The van der Waals surface area contributed by atoms with Gasteiger partial charge in [-0.25, -0.2) is 18.5 Å². The van der Waals surface area contributed by atoms with E-state index < -0.39 is 15.7 Å². The van der Waals surface area contributed by atoms with Crippen LogP contribution in [0.4, 0.5) is 0 Å². The van der Waals surface area contributed by atoms with Crippen LogP contribution in [0, 0.1) is 0 Å². The minimum Gasteiger partial charge on any atom is -0.434 e. The van der Waals surface area contributed by atoms with E-state index in [9.17, 15) is 18.4 Å². The number of aromatic amines is 1. The van der Waals surface area contributed by atoms with Crippen LogP contribution in [-0.2, 0) is 21.1 Å². The molecule has 2 heterocycles. The molecule has 12 heteroatoms. The van der Waals surface area contributed by atoms with Crippen molar-refractivity contribution >= 4 is 27.3 Å². The third kappa shape index (κ3) is 4.80. The van der Waals surface area contributed by atoms with Gasteiger partial charge in [-0.15, -0.1) is 0 Å². The van der Waals surface area contributed by atoms with Gasteiger partial charge in [0.05, 0.1) is 11.3 Å². The van der Waals surface area contributed by atoms with Crippen molar-refractivity contribution in [2.24, 2.45) is 0 Å². The number of hydrogen-bond acceptors (Lipinski definition) is 8. The molecule has 33 heavy (non-hydrogen) atoms.